The van der Waals surface area contributed by atoms with Crippen molar-refractivity contribution in [2.45, 2.75) is 19.8 Å². The summed E-state index contributed by atoms with van der Waals surface area (Å²) in [7, 11) is 3.33. The number of nitrogens with zero attached hydrogens (tertiary/aromatic N) is 2. The zero-order chi connectivity index (χ0) is 21.1. The second-order valence-corrected chi connectivity index (χ2v) is 7.68. The molecule has 0 aliphatic rings. The molecule has 0 saturated carbocycles. The number of anilines is 1. The first kappa shape index (κ1) is 20.3. The first-order valence-electron chi connectivity index (χ1n) is 9.87. The van der Waals surface area contributed by atoms with E-state index in [0.29, 0.717) is 0 Å². The van der Waals surface area contributed by atoms with Crippen molar-refractivity contribution in [2.75, 3.05) is 25.2 Å². The summed E-state index contributed by atoms with van der Waals surface area (Å²) in [6.45, 7) is 2.12. The molecule has 0 saturated heterocycles. The van der Waals surface area contributed by atoms with Crippen LogP contribution in [0.15, 0.2) is 48.8 Å². The number of aromatic nitrogens is 2. The summed E-state index contributed by atoms with van der Waals surface area (Å²) >= 11 is 1.58. The highest BCUT2D eigenvalue weighted by atomic mass is 32.2. The number of hydrogen-bond donors (Lipinski definition) is 1. The molecule has 6 heteroatoms. The van der Waals surface area contributed by atoms with Gasteiger partial charge < -0.3 is 14.2 Å². The van der Waals surface area contributed by atoms with E-state index in [9.17, 15) is 0 Å². The highest BCUT2D eigenvalue weighted by molar-refractivity contribution is 7.99. The number of fused-ring (bicyclic) bond motifs is 2. The van der Waals surface area contributed by atoms with Crippen LogP contribution in [0.4, 0.5) is 5.69 Å². The van der Waals surface area contributed by atoms with E-state index in [2.05, 4.69) is 34.8 Å². The van der Waals surface area contributed by atoms with Crippen LogP contribution in [0.2, 0.25) is 0 Å². The summed E-state index contributed by atoms with van der Waals surface area (Å²) < 4.78 is 14.3. The third kappa shape index (κ3) is 3.87. The van der Waals surface area contributed by atoms with Crippen LogP contribution in [-0.4, -0.2) is 30.4 Å². The molecule has 2 aromatic carbocycles. The molecule has 0 fully saturated rings. The first-order valence-corrected chi connectivity index (χ1v) is 11.1. The van der Waals surface area contributed by atoms with Crippen molar-refractivity contribution in [3.63, 3.8) is 0 Å². The van der Waals surface area contributed by atoms with E-state index in [1.54, 1.807) is 26.2 Å². The van der Waals surface area contributed by atoms with Crippen LogP contribution in [0.5, 0.6) is 11.5 Å². The Balaban J connectivity index is 1.79. The largest absolute Gasteiger partial charge is 0.493 e. The van der Waals surface area contributed by atoms with E-state index in [1.165, 1.54) is 0 Å². The number of benzene rings is 2. The van der Waals surface area contributed by atoms with Gasteiger partial charge in [0.2, 0.25) is 0 Å². The predicted molar refractivity (Wildman–Crippen MR) is 126 cm³/mol. The highest BCUT2D eigenvalue weighted by Crippen LogP contribution is 2.35. The van der Waals surface area contributed by atoms with Crippen molar-refractivity contribution in [1.29, 1.82) is 0 Å². The summed E-state index contributed by atoms with van der Waals surface area (Å²) in [6.07, 6.45) is 7.54. The van der Waals surface area contributed by atoms with Gasteiger partial charge in [-0.1, -0.05) is 18.9 Å². The van der Waals surface area contributed by atoms with Gasteiger partial charge in [0, 0.05) is 47.2 Å². The average Bonchev–Trinajstić information content (AvgIpc) is 2.78. The number of hydrogen-bond acceptors (Lipinski definition) is 6. The molecule has 4 aromatic rings. The van der Waals surface area contributed by atoms with Crippen LogP contribution in [0.3, 0.4) is 0 Å². The monoisotopic (exact) mass is 419 g/mol. The SMILES string of the molecule is CCc1ncc(Cc2cnc3ccc(NSC)cc3c2)c2cc(OC)c(OC)cc12. The second kappa shape index (κ2) is 8.79. The van der Waals surface area contributed by atoms with Crippen LogP contribution in [0, 0.1) is 0 Å². The quantitative estimate of drug-likeness (QED) is 0.391. The lowest BCUT2D eigenvalue weighted by Crippen LogP contribution is -1.99. The highest BCUT2D eigenvalue weighted by Gasteiger charge is 2.13. The number of methoxy groups -OCH3 is 2. The number of pyridine rings is 2. The molecule has 0 amide bonds. The molecule has 2 aromatic heterocycles. The Labute approximate surface area is 181 Å². The third-order valence-corrected chi connectivity index (χ3v) is 5.68. The molecule has 0 aliphatic carbocycles. The molecule has 0 bridgehead atoms. The van der Waals surface area contributed by atoms with Crippen LogP contribution in [-0.2, 0) is 12.8 Å². The maximum Gasteiger partial charge on any atom is 0.161 e. The Bertz CT molecular complexity index is 1210. The van der Waals surface area contributed by atoms with Crippen LogP contribution in [0.25, 0.3) is 21.7 Å². The second-order valence-electron chi connectivity index (χ2n) is 7.07. The maximum absolute atomic E-state index is 5.55. The van der Waals surface area contributed by atoms with Crippen molar-refractivity contribution in [3.8, 4) is 11.5 Å². The normalized spacial score (nSPS) is 11.1. The number of rotatable bonds is 7. The molecule has 5 nitrogen and oxygen atoms in total. The lowest BCUT2D eigenvalue weighted by atomic mass is 9.98. The average molecular weight is 420 g/mol. The molecule has 0 spiro atoms. The minimum absolute atomic E-state index is 0.722. The van der Waals surface area contributed by atoms with E-state index < -0.39 is 0 Å². The van der Waals surface area contributed by atoms with Gasteiger partial charge in [-0.2, -0.15) is 0 Å². The van der Waals surface area contributed by atoms with E-state index in [0.717, 1.165) is 68.5 Å². The van der Waals surface area contributed by atoms with Crippen LogP contribution < -0.4 is 14.2 Å². The minimum atomic E-state index is 0.722. The summed E-state index contributed by atoms with van der Waals surface area (Å²) in [6, 6.07) is 12.5. The molecule has 30 heavy (non-hydrogen) atoms. The summed E-state index contributed by atoms with van der Waals surface area (Å²) in [5, 5.41) is 3.36. The molecule has 0 radical (unpaired) electrons. The van der Waals surface area contributed by atoms with Crippen molar-refractivity contribution >= 4 is 39.3 Å². The molecular weight excluding hydrogens is 394 g/mol. The van der Waals surface area contributed by atoms with Crippen molar-refractivity contribution in [2.24, 2.45) is 0 Å². The molecule has 4 rings (SSSR count). The maximum atomic E-state index is 5.55. The minimum Gasteiger partial charge on any atom is -0.493 e. The van der Waals surface area contributed by atoms with Crippen molar-refractivity contribution in [3.05, 3.63) is 65.6 Å². The summed E-state index contributed by atoms with van der Waals surface area (Å²) in [5.74, 6) is 1.45. The first-order chi connectivity index (χ1) is 14.7. The zero-order valence-electron chi connectivity index (χ0n) is 17.7. The fraction of sp³-hybridized carbons (Fsp3) is 0.250. The Morgan fingerprint density at radius 3 is 2.40 bits per heavy atom. The fourth-order valence-electron chi connectivity index (χ4n) is 3.78. The summed E-state index contributed by atoms with van der Waals surface area (Å²) in [5.41, 5.74) is 5.40. The molecule has 154 valence electrons. The molecule has 0 aliphatic heterocycles. The number of aryl methyl sites for hydroxylation is 1. The standard InChI is InChI=1S/C24H25N3O2S/c1-5-21-20-12-24(29-3)23(28-2)11-19(20)17(14-26-21)9-15-8-16-10-18(27-30-4)6-7-22(16)25-13-15/h6-8,10-14,27H,5,9H2,1-4H3. The van der Waals surface area contributed by atoms with Gasteiger partial charge >= 0.3 is 0 Å². The zero-order valence-corrected chi connectivity index (χ0v) is 18.5. The number of nitrogens with one attached hydrogen (secondary N) is 1. The molecule has 2 heterocycles. The Hall–Kier alpha value is -2.99. The Morgan fingerprint density at radius 1 is 0.933 bits per heavy atom. The van der Waals surface area contributed by atoms with Crippen LogP contribution in [0.1, 0.15) is 23.7 Å². The van der Waals surface area contributed by atoms with Crippen molar-refractivity contribution in [1.82, 2.24) is 9.97 Å². The van der Waals surface area contributed by atoms with Gasteiger partial charge in [0.25, 0.3) is 0 Å². The van der Waals surface area contributed by atoms with Gasteiger partial charge in [-0.3, -0.25) is 9.97 Å². The van der Waals surface area contributed by atoms with Crippen LogP contribution >= 0.6 is 11.9 Å². The Morgan fingerprint density at radius 2 is 1.70 bits per heavy atom. The lowest BCUT2D eigenvalue weighted by molar-refractivity contribution is 0.356. The molecule has 1 N–H and O–H groups in total. The van der Waals surface area contributed by atoms with Crippen molar-refractivity contribution < 1.29 is 9.47 Å². The lowest BCUT2D eigenvalue weighted by Gasteiger charge is -2.14. The number of ether oxygens (including phenoxy) is 2. The topological polar surface area (TPSA) is 56.3 Å². The van der Waals surface area contributed by atoms with Gasteiger partial charge in [-0.25, -0.2) is 0 Å². The van der Waals surface area contributed by atoms with E-state index >= 15 is 0 Å². The van der Waals surface area contributed by atoms with Gasteiger partial charge in [-0.15, -0.1) is 0 Å². The smallest absolute Gasteiger partial charge is 0.161 e. The fourth-order valence-corrected chi connectivity index (χ4v) is 4.14. The van der Waals surface area contributed by atoms with Gasteiger partial charge in [0.15, 0.2) is 11.5 Å². The molecule has 0 atom stereocenters. The van der Waals surface area contributed by atoms with Gasteiger partial charge in [0.05, 0.1) is 19.7 Å². The van der Waals surface area contributed by atoms with E-state index in [1.807, 2.05) is 36.8 Å². The van der Waals surface area contributed by atoms with Gasteiger partial charge in [-0.05, 0) is 59.3 Å². The third-order valence-electron chi connectivity index (χ3n) is 5.24. The van der Waals surface area contributed by atoms with E-state index in [-0.39, 0.29) is 0 Å². The molecule has 0 unspecified atom stereocenters. The Kier molecular flexibility index (Phi) is 5.95. The van der Waals surface area contributed by atoms with Gasteiger partial charge in [0.1, 0.15) is 0 Å². The summed E-state index contributed by atoms with van der Waals surface area (Å²) in [4.78, 5) is 9.38. The predicted octanol–water partition coefficient (Wildman–Crippen LogP) is 5.64. The van der Waals surface area contributed by atoms with E-state index in [4.69, 9.17) is 14.5 Å². The molecular formula is C24H25N3O2S.